The zero-order valence-electron chi connectivity index (χ0n) is 12.7. The van der Waals surface area contributed by atoms with Gasteiger partial charge in [0, 0.05) is 18.7 Å². The lowest BCUT2D eigenvalue weighted by Crippen LogP contribution is -2.48. The molecule has 118 valence electrons. The molecule has 1 aromatic rings. The van der Waals surface area contributed by atoms with Gasteiger partial charge >= 0.3 is 0 Å². The van der Waals surface area contributed by atoms with Gasteiger partial charge in [0.2, 0.25) is 5.91 Å². The second-order valence-corrected chi connectivity index (χ2v) is 6.16. The van der Waals surface area contributed by atoms with Gasteiger partial charge < -0.3 is 15.8 Å². The standard InChI is InChI=1S/C16H24N2O2.ClH/c1-16(2,17)11-18-15(19)13-9-6-10-20-14(13)12-7-4-3-5-8-12;/h3-5,7-8,13-14H,6,9-11,17H2,1-2H3,(H,18,19);1H. The molecule has 0 aliphatic carbocycles. The van der Waals surface area contributed by atoms with Crippen LogP contribution in [0.5, 0.6) is 0 Å². The second-order valence-electron chi connectivity index (χ2n) is 6.16. The van der Waals surface area contributed by atoms with Crippen molar-refractivity contribution in [3.05, 3.63) is 35.9 Å². The highest BCUT2D eigenvalue weighted by Crippen LogP contribution is 2.33. The van der Waals surface area contributed by atoms with Crippen molar-refractivity contribution in [2.24, 2.45) is 11.7 Å². The van der Waals surface area contributed by atoms with Gasteiger partial charge in [-0.1, -0.05) is 30.3 Å². The molecule has 21 heavy (non-hydrogen) atoms. The van der Waals surface area contributed by atoms with Crippen molar-refractivity contribution in [3.8, 4) is 0 Å². The van der Waals surface area contributed by atoms with Crippen LogP contribution in [0.3, 0.4) is 0 Å². The number of carbonyl (C=O) groups is 1. The molecule has 1 saturated heterocycles. The summed E-state index contributed by atoms with van der Waals surface area (Å²) in [4.78, 5) is 12.4. The summed E-state index contributed by atoms with van der Waals surface area (Å²) in [5.41, 5.74) is 6.59. The SMILES string of the molecule is CC(C)(N)CNC(=O)C1CCCOC1c1ccccc1.Cl. The fourth-order valence-corrected chi connectivity index (χ4v) is 2.47. The van der Waals surface area contributed by atoms with Crippen molar-refractivity contribution in [3.63, 3.8) is 0 Å². The number of hydrogen-bond donors (Lipinski definition) is 2. The van der Waals surface area contributed by atoms with Gasteiger partial charge in [0.05, 0.1) is 12.0 Å². The molecule has 1 amide bonds. The zero-order chi connectivity index (χ0) is 14.6. The van der Waals surface area contributed by atoms with Gasteiger partial charge in [-0.2, -0.15) is 0 Å². The molecule has 2 unspecified atom stereocenters. The molecule has 1 aliphatic rings. The lowest BCUT2D eigenvalue weighted by atomic mass is 9.88. The molecule has 1 aromatic carbocycles. The summed E-state index contributed by atoms with van der Waals surface area (Å²) in [5, 5.41) is 2.95. The molecule has 5 heteroatoms. The Morgan fingerprint density at radius 3 is 2.67 bits per heavy atom. The molecular formula is C16H25ClN2O2. The van der Waals surface area contributed by atoms with Crippen molar-refractivity contribution in [2.75, 3.05) is 13.2 Å². The lowest BCUT2D eigenvalue weighted by Gasteiger charge is -2.32. The predicted octanol–water partition coefficient (Wildman–Crippen LogP) is 2.43. The number of benzene rings is 1. The van der Waals surface area contributed by atoms with E-state index in [1.807, 2.05) is 44.2 Å². The van der Waals surface area contributed by atoms with Crippen molar-refractivity contribution in [2.45, 2.75) is 38.3 Å². The Kier molecular flexibility index (Phi) is 6.65. The maximum atomic E-state index is 12.4. The van der Waals surface area contributed by atoms with E-state index in [1.165, 1.54) is 0 Å². The van der Waals surface area contributed by atoms with Crippen LogP contribution < -0.4 is 11.1 Å². The van der Waals surface area contributed by atoms with Gasteiger partial charge in [-0.3, -0.25) is 4.79 Å². The molecule has 1 heterocycles. The zero-order valence-corrected chi connectivity index (χ0v) is 13.5. The first-order valence-electron chi connectivity index (χ1n) is 7.20. The van der Waals surface area contributed by atoms with Crippen molar-refractivity contribution < 1.29 is 9.53 Å². The molecular weight excluding hydrogens is 288 g/mol. The van der Waals surface area contributed by atoms with Crippen molar-refractivity contribution in [1.29, 1.82) is 0 Å². The minimum absolute atomic E-state index is 0. The number of halogens is 1. The summed E-state index contributed by atoms with van der Waals surface area (Å²) in [6.07, 6.45) is 1.63. The van der Waals surface area contributed by atoms with Crippen LogP contribution >= 0.6 is 12.4 Å². The minimum atomic E-state index is -0.395. The van der Waals surface area contributed by atoms with Gasteiger partial charge in [0.1, 0.15) is 0 Å². The van der Waals surface area contributed by atoms with E-state index < -0.39 is 5.54 Å². The average Bonchev–Trinajstić information content (AvgIpc) is 2.45. The Morgan fingerprint density at radius 2 is 2.05 bits per heavy atom. The topological polar surface area (TPSA) is 64.3 Å². The van der Waals surface area contributed by atoms with Crippen LogP contribution in [0.25, 0.3) is 0 Å². The van der Waals surface area contributed by atoms with Gasteiger partial charge in [-0.15, -0.1) is 12.4 Å². The Morgan fingerprint density at radius 1 is 1.38 bits per heavy atom. The van der Waals surface area contributed by atoms with Gasteiger partial charge in [-0.05, 0) is 32.3 Å². The fourth-order valence-electron chi connectivity index (χ4n) is 2.47. The highest BCUT2D eigenvalue weighted by molar-refractivity contribution is 5.85. The minimum Gasteiger partial charge on any atom is -0.373 e. The normalized spacial score (nSPS) is 22.2. The molecule has 4 nitrogen and oxygen atoms in total. The van der Waals surface area contributed by atoms with E-state index in [-0.39, 0.29) is 30.3 Å². The van der Waals surface area contributed by atoms with Crippen LogP contribution in [0, 0.1) is 5.92 Å². The van der Waals surface area contributed by atoms with Gasteiger partial charge in [-0.25, -0.2) is 0 Å². The molecule has 1 fully saturated rings. The third-order valence-corrected chi connectivity index (χ3v) is 3.51. The summed E-state index contributed by atoms with van der Waals surface area (Å²) in [6.45, 7) is 4.99. The van der Waals surface area contributed by atoms with Crippen molar-refractivity contribution >= 4 is 18.3 Å². The molecule has 0 spiro atoms. The van der Waals surface area contributed by atoms with Crippen LogP contribution in [0.4, 0.5) is 0 Å². The molecule has 0 bridgehead atoms. The Balaban J connectivity index is 0.00000220. The molecule has 2 rings (SSSR count). The molecule has 0 aromatic heterocycles. The number of carbonyl (C=O) groups excluding carboxylic acids is 1. The maximum Gasteiger partial charge on any atom is 0.226 e. The lowest BCUT2D eigenvalue weighted by molar-refractivity contribution is -0.135. The quantitative estimate of drug-likeness (QED) is 0.897. The maximum absolute atomic E-state index is 12.4. The van der Waals surface area contributed by atoms with Gasteiger partial charge in [0.15, 0.2) is 0 Å². The predicted molar refractivity (Wildman–Crippen MR) is 86.4 cm³/mol. The van der Waals surface area contributed by atoms with E-state index in [0.717, 1.165) is 18.4 Å². The van der Waals surface area contributed by atoms with Crippen molar-refractivity contribution in [1.82, 2.24) is 5.32 Å². The first-order valence-corrected chi connectivity index (χ1v) is 7.20. The Hall–Kier alpha value is -1.10. The second kappa shape index (κ2) is 7.78. The van der Waals surface area contributed by atoms with E-state index in [4.69, 9.17) is 10.5 Å². The first-order chi connectivity index (χ1) is 9.47. The summed E-state index contributed by atoms with van der Waals surface area (Å²) in [5.74, 6) is -0.0921. The third-order valence-electron chi connectivity index (χ3n) is 3.51. The van der Waals surface area contributed by atoms with Crippen LogP contribution in [0.2, 0.25) is 0 Å². The van der Waals surface area contributed by atoms with E-state index in [2.05, 4.69) is 5.32 Å². The van der Waals surface area contributed by atoms with E-state index in [1.54, 1.807) is 0 Å². The van der Waals surface area contributed by atoms with Crippen LogP contribution in [-0.2, 0) is 9.53 Å². The number of nitrogens with two attached hydrogens (primary N) is 1. The summed E-state index contributed by atoms with van der Waals surface area (Å²) in [7, 11) is 0. The number of nitrogens with one attached hydrogen (secondary N) is 1. The first kappa shape index (κ1) is 18.0. The summed E-state index contributed by atoms with van der Waals surface area (Å²) < 4.78 is 5.84. The van der Waals surface area contributed by atoms with E-state index in [0.29, 0.717) is 13.2 Å². The fraction of sp³-hybridized carbons (Fsp3) is 0.562. The highest BCUT2D eigenvalue weighted by Gasteiger charge is 2.33. The molecule has 3 N–H and O–H groups in total. The van der Waals surface area contributed by atoms with Crippen LogP contribution in [0.1, 0.15) is 38.4 Å². The molecule has 2 atom stereocenters. The number of ether oxygens (including phenoxy) is 1. The largest absolute Gasteiger partial charge is 0.373 e. The molecule has 0 saturated carbocycles. The number of amides is 1. The van der Waals surface area contributed by atoms with Crippen LogP contribution in [0.15, 0.2) is 30.3 Å². The third kappa shape index (κ3) is 5.30. The summed E-state index contributed by atoms with van der Waals surface area (Å²) in [6, 6.07) is 9.96. The average molecular weight is 313 g/mol. The smallest absolute Gasteiger partial charge is 0.226 e. The Bertz CT molecular complexity index is 445. The van der Waals surface area contributed by atoms with Gasteiger partial charge in [0.25, 0.3) is 0 Å². The van der Waals surface area contributed by atoms with E-state index >= 15 is 0 Å². The number of hydrogen-bond acceptors (Lipinski definition) is 3. The highest BCUT2D eigenvalue weighted by atomic mass is 35.5. The molecule has 0 radical (unpaired) electrons. The Labute approximate surface area is 132 Å². The summed E-state index contributed by atoms with van der Waals surface area (Å²) >= 11 is 0. The monoisotopic (exact) mass is 312 g/mol. The van der Waals surface area contributed by atoms with E-state index in [9.17, 15) is 4.79 Å². The van der Waals surface area contributed by atoms with Crippen LogP contribution in [-0.4, -0.2) is 24.6 Å². The molecule has 1 aliphatic heterocycles. The number of rotatable bonds is 4.